The fraction of sp³-hybridized carbons (Fsp3) is 0.133. The molecule has 20 heavy (non-hydrogen) atoms. The molecule has 2 rings (SSSR count). The molecule has 104 valence electrons. The molecule has 1 unspecified atom stereocenters. The Labute approximate surface area is 120 Å². The molecule has 0 saturated heterocycles. The Kier molecular flexibility index (Phi) is 4.15. The molecule has 3 N–H and O–H groups in total. The molecule has 0 fully saturated rings. The molecule has 0 radical (unpaired) electrons. The van der Waals surface area contributed by atoms with Crippen molar-refractivity contribution in [3.63, 3.8) is 0 Å². The molecule has 0 aliphatic carbocycles. The minimum atomic E-state index is -0.958. The second-order valence-corrected chi connectivity index (χ2v) is 4.88. The summed E-state index contributed by atoms with van der Waals surface area (Å²) in [4.78, 5) is 11.4. The Hall–Kier alpha value is -2.20. The average molecular weight is 293 g/mol. The average Bonchev–Trinajstić information content (AvgIpc) is 2.41. The summed E-state index contributed by atoms with van der Waals surface area (Å²) in [5.41, 5.74) is 1.31. The van der Waals surface area contributed by atoms with Crippen molar-refractivity contribution < 1.29 is 20.1 Å². The Morgan fingerprint density at radius 2 is 1.75 bits per heavy atom. The minimum absolute atomic E-state index is 0.0353. The van der Waals surface area contributed by atoms with Gasteiger partial charge in [-0.05, 0) is 41.8 Å². The third-order valence-corrected chi connectivity index (χ3v) is 3.35. The highest BCUT2D eigenvalue weighted by atomic mass is 35.5. The van der Waals surface area contributed by atoms with Crippen molar-refractivity contribution in [2.75, 3.05) is 0 Å². The van der Waals surface area contributed by atoms with Gasteiger partial charge in [-0.3, -0.25) is 4.79 Å². The molecule has 0 amide bonds. The number of carbonyl (C=O) groups is 1. The molecular formula is C15H13ClO4. The molecule has 4 nitrogen and oxygen atoms in total. The SMILES string of the molecule is O=C(O)C(Cc1ccc(O)c(Cl)c1)c1ccc(O)cc1. The summed E-state index contributed by atoms with van der Waals surface area (Å²) >= 11 is 5.81. The van der Waals surface area contributed by atoms with Gasteiger partial charge in [-0.2, -0.15) is 0 Å². The number of carboxylic acids is 1. The molecule has 0 saturated carbocycles. The zero-order valence-corrected chi connectivity index (χ0v) is 11.2. The van der Waals surface area contributed by atoms with Gasteiger partial charge in [-0.1, -0.05) is 29.8 Å². The van der Waals surface area contributed by atoms with Crippen LogP contribution in [0, 0.1) is 0 Å². The van der Waals surface area contributed by atoms with Gasteiger partial charge in [0.05, 0.1) is 10.9 Å². The summed E-state index contributed by atoms with van der Waals surface area (Å²) in [6.07, 6.45) is 0.250. The summed E-state index contributed by atoms with van der Waals surface area (Å²) in [7, 11) is 0. The molecule has 0 heterocycles. The van der Waals surface area contributed by atoms with Crippen LogP contribution in [0.2, 0.25) is 5.02 Å². The number of aromatic hydroxyl groups is 2. The van der Waals surface area contributed by atoms with Crippen molar-refractivity contribution >= 4 is 17.6 Å². The number of halogens is 1. The Bertz CT molecular complexity index is 622. The van der Waals surface area contributed by atoms with Crippen LogP contribution in [0.3, 0.4) is 0 Å². The lowest BCUT2D eigenvalue weighted by Crippen LogP contribution is -2.14. The zero-order chi connectivity index (χ0) is 14.7. The summed E-state index contributed by atoms with van der Waals surface area (Å²) in [6, 6.07) is 10.7. The third-order valence-electron chi connectivity index (χ3n) is 3.05. The molecule has 5 heteroatoms. The first-order chi connectivity index (χ1) is 9.47. The molecule has 0 aliphatic rings. The number of hydrogen-bond acceptors (Lipinski definition) is 3. The van der Waals surface area contributed by atoms with Crippen LogP contribution in [0.4, 0.5) is 0 Å². The summed E-state index contributed by atoms with van der Waals surface area (Å²) in [6.45, 7) is 0. The second kappa shape index (κ2) is 5.84. The second-order valence-electron chi connectivity index (χ2n) is 4.47. The summed E-state index contributed by atoms with van der Waals surface area (Å²) < 4.78 is 0. The van der Waals surface area contributed by atoms with Crippen LogP contribution >= 0.6 is 11.6 Å². The van der Waals surface area contributed by atoms with Crippen LogP contribution in [0.5, 0.6) is 11.5 Å². The van der Waals surface area contributed by atoms with E-state index in [1.54, 1.807) is 24.3 Å². The fourth-order valence-electron chi connectivity index (χ4n) is 1.97. The third kappa shape index (κ3) is 3.22. The van der Waals surface area contributed by atoms with E-state index in [0.29, 0.717) is 11.1 Å². The maximum atomic E-state index is 11.4. The lowest BCUT2D eigenvalue weighted by molar-refractivity contribution is -0.138. The first-order valence-electron chi connectivity index (χ1n) is 5.96. The van der Waals surface area contributed by atoms with E-state index in [1.807, 2.05) is 0 Å². The van der Waals surface area contributed by atoms with E-state index >= 15 is 0 Å². The van der Waals surface area contributed by atoms with Gasteiger partial charge in [-0.25, -0.2) is 0 Å². The normalized spacial score (nSPS) is 12.1. The molecule has 0 aromatic heterocycles. The minimum Gasteiger partial charge on any atom is -0.508 e. The first-order valence-corrected chi connectivity index (χ1v) is 6.34. The summed E-state index contributed by atoms with van der Waals surface area (Å²) in [5, 5.41) is 28.1. The van der Waals surface area contributed by atoms with Gasteiger partial charge < -0.3 is 15.3 Å². The van der Waals surface area contributed by atoms with E-state index in [9.17, 15) is 20.1 Å². The predicted octanol–water partition coefficient (Wildman–Crippen LogP) is 3.16. The van der Waals surface area contributed by atoms with Crippen molar-refractivity contribution in [2.45, 2.75) is 12.3 Å². The predicted molar refractivity (Wildman–Crippen MR) is 75.3 cm³/mol. The number of benzene rings is 2. The monoisotopic (exact) mass is 292 g/mol. The van der Waals surface area contributed by atoms with E-state index in [2.05, 4.69) is 0 Å². The van der Waals surface area contributed by atoms with Gasteiger partial charge in [0.25, 0.3) is 0 Å². The van der Waals surface area contributed by atoms with Crippen LogP contribution in [0.25, 0.3) is 0 Å². The van der Waals surface area contributed by atoms with Crippen molar-refractivity contribution in [2.24, 2.45) is 0 Å². The van der Waals surface area contributed by atoms with Gasteiger partial charge in [0.15, 0.2) is 0 Å². The standard InChI is InChI=1S/C15H13ClO4/c16-13-8-9(1-6-14(13)18)7-12(15(19)20)10-2-4-11(17)5-3-10/h1-6,8,12,17-18H,7H2,(H,19,20). The summed E-state index contributed by atoms with van der Waals surface area (Å²) in [5.74, 6) is -1.64. The van der Waals surface area contributed by atoms with Gasteiger partial charge in [0.1, 0.15) is 11.5 Å². The topological polar surface area (TPSA) is 77.8 Å². The van der Waals surface area contributed by atoms with Crippen LogP contribution in [-0.4, -0.2) is 21.3 Å². The number of rotatable bonds is 4. The quantitative estimate of drug-likeness (QED) is 0.809. The number of carboxylic acid groups (broad SMARTS) is 1. The van der Waals surface area contributed by atoms with E-state index in [1.165, 1.54) is 18.2 Å². The first kappa shape index (κ1) is 14.2. The largest absolute Gasteiger partial charge is 0.508 e. The van der Waals surface area contributed by atoms with Crippen LogP contribution in [-0.2, 0) is 11.2 Å². The van der Waals surface area contributed by atoms with Crippen molar-refractivity contribution in [3.05, 3.63) is 58.6 Å². The van der Waals surface area contributed by atoms with Gasteiger partial charge >= 0.3 is 5.97 Å². The fourth-order valence-corrected chi connectivity index (χ4v) is 2.17. The molecule has 0 spiro atoms. The zero-order valence-electron chi connectivity index (χ0n) is 10.5. The van der Waals surface area contributed by atoms with Gasteiger partial charge in [-0.15, -0.1) is 0 Å². The molecular weight excluding hydrogens is 280 g/mol. The Balaban J connectivity index is 2.27. The maximum Gasteiger partial charge on any atom is 0.311 e. The van der Waals surface area contributed by atoms with Gasteiger partial charge in [0, 0.05) is 0 Å². The lowest BCUT2D eigenvalue weighted by atomic mass is 9.92. The van der Waals surface area contributed by atoms with E-state index in [0.717, 1.165) is 0 Å². The van der Waals surface area contributed by atoms with Crippen molar-refractivity contribution in [3.8, 4) is 11.5 Å². The van der Waals surface area contributed by atoms with Crippen molar-refractivity contribution in [1.82, 2.24) is 0 Å². The molecule has 1 atom stereocenters. The van der Waals surface area contributed by atoms with Crippen LogP contribution < -0.4 is 0 Å². The maximum absolute atomic E-state index is 11.4. The van der Waals surface area contributed by atoms with E-state index < -0.39 is 11.9 Å². The molecule has 0 bridgehead atoms. The van der Waals surface area contributed by atoms with E-state index in [4.69, 9.17) is 11.6 Å². The number of aliphatic carboxylic acids is 1. The van der Waals surface area contributed by atoms with Crippen LogP contribution in [0.1, 0.15) is 17.0 Å². The number of phenolic OH excluding ortho intramolecular Hbond substituents is 2. The van der Waals surface area contributed by atoms with E-state index in [-0.39, 0.29) is 22.9 Å². The highest BCUT2D eigenvalue weighted by Crippen LogP contribution is 2.28. The van der Waals surface area contributed by atoms with Crippen LogP contribution in [0.15, 0.2) is 42.5 Å². The highest BCUT2D eigenvalue weighted by molar-refractivity contribution is 6.32. The van der Waals surface area contributed by atoms with Crippen molar-refractivity contribution in [1.29, 1.82) is 0 Å². The number of phenols is 2. The molecule has 0 aliphatic heterocycles. The lowest BCUT2D eigenvalue weighted by Gasteiger charge is -2.13. The number of hydrogen-bond donors (Lipinski definition) is 3. The molecule has 2 aromatic rings. The smallest absolute Gasteiger partial charge is 0.311 e. The Morgan fingerprint density at radius 1 is 1.10 bits per heavy atom. The van der Waals surface area contributed by atoms with Gasteiger partial charge in [0.2, 0.25) is 0 Å². The Morgan fingerprint density at radius 3 is 2.30 bits per heavy atom. The highest BCUT2D eigenvalue weighted by Gasteiger charge is 2.20. The molecule has 2 aromatic carbocycles.